The molecule has 0 aliphatic rings. The molecule has 0 bridgehead atoms. The van der Waals surface area contributed by atoms with Crippen molar-refractivity contribution in [3.63, 3.8) is 0 Å². The quantitative estimate of drug-likeness (QED) is 0.630. The van der Waals surface area contributed by atoms with Gasteiger partial charge in [0.2, 0.25) is 5.91 Å². The molecule has 0 aliphatic heterocycles. The number of amides is 1. The first kappa shape index (κ1) is 18.9. The highest BCUT2D eigenvalue weighted by molar-refractivity contribution is 5.76. The molecule has 1 amide bonds. The normalized spacial score (nSPS) is 11.6. The number of carbonyl (C=O) groups excluding carboxylic acids is 1. The summed E-state index contributed by atoms with van der Waals surface area (Å²) in [5.41, 5.74) is -0.623. The van der Waals surface area contributed by atoms with Gasteiger partial charge in [0.1, 0.15) is 18.2 Å². The average Bonchev–Trinajstić information content (AvgIpc) is 2.61. The first-order valence-corrected chi connectivity index (χ1v) is 7.96. The lowest BCUT2D eigenvalue weighted by molar-refractivity contribution is -0.385. The molecule has 0 aliphatic carbocycles. The monoisotopic (exact) mass is 354 g/mol. The SMILES string of the molecule is CC(C)C(NC(=O)Cn1cc([N+](=O)[O-])cc(C#N)c1=O)c1ccccc1. The second kappa shape index (κ2) is 8.07. The molecule has 0 radical (unpaired) electrons. The molecule has 2 aromatic rings. The van der Waals surface area contributed by atoms with E-state index in [1.807, 2.05) is 44.2 Å². The number of hydrogen-bond acceptors (Lipinski definition) is 5. The van der Waals surface area contributed by atoms with Gasteiger partial charge in [0, 0.05) is 6.07 Å². The second-order valence-electron chi connectivity index (χ2n) is 6.11. The lowest BCUT2D eigenvalue weighted by atomic mass is 9.96. The number of benzene rings is 1. The van der Waals surface area contributed by atoms with Crippen LogP contribution >= 0.6 is 0 Å². The number of nitro groups is 1. The van der Waals surface area contributed by atoms with E-state index in [4.69, 9.17) is 5.26 Å². The number of nitriles is 1. The van der Waals surface area contributed by atoms with Crippen LogP contribution in [0.25, 0.3) is 0 Å². The summed E-state index contributed by atoms with van der Waals surface area (Å²) in [7, 11) is 0. The highest BCUT2D eigenvalue weighted by Gasteiger charge is 2.20. The summed E-state index contributed by atoms with van der Waals surface area (Å²) in [6, 6.07) is 11.6. The molecule has 1 N–H and O–H groups in total. The molecule has 0 saturated heterocycles. The van der Waals surface area contributed by atoms with Crippen molar-refractivity contribution < 1.29 is 9.72 Å². The third-order valence-electron chi connectivity index (χ3n) is 3.86. The predicted molar refractivity (Wildman–Crippen MR) is 94.2 cm³/mol. The van der Waals surface area contributed by atoms with Crippen LogP contribution in [0.15, 0.2) is 47.4 Å². The Hall–Kier alpha value is -3.47. The van der Waals surface area contributed by atoms with Crippen molar-refractivity contribution in [2.75, 3.05) is 0 Å². The van der Waals surface area contributed by atoms with Gasteiger partial charge in [0.05, 0.1) is 17.2 Å². The highest BCUT2D eigenvalue weighted by Crippen LogP contribution is 2.21. The van der Waals surface area contributed by atoms with Crippen molar-refractivity contribution in [1.82, 2.24) is 9.88 Å². The van der Waals surface area contributed by atoms with Crippen LogP contribution in [0.4, 0.5) is 5.69 Å². The van der Waals surface area contributed by atoms with Gasteiger partial charge in [0.25, 0.3) is 11.2 Å². The zero-order valence-corrected chi connectivity index (χ0v) is 14.4. The van der Waals surface area contributed by atoms with Gasteiger partial charge in [-0.3, -0.25) is 24.3 Å². The molecule has 2 rings (SSSR count). The van der Waals surface area contributed by atoms with E-state index in [0.29, 0.717) is 0 Å². The number of nitrogens with one attached hydrogen (secondary N) is 1. The number of nitrogens with zero attached hydrogens (tertiary/aromatic N) is 3. The number of carbonyl (C=O) groups is 1. The lowest BCUT2D eigenvalue weighted by Gasteiger charge is -2.23. The third-order valence-corrected chi connectivity index (χ3v) is 3.86. The minimum absolute atomic E-state index is 0.0952. The fraction of sp³-hybridized carbons (Fsp3) is 0.278. The van der Waals surface area contributed by atoms with Crippen molar-refractivity contribution in [3.05, 3.63) is 74.2 Å². The number of hydrogen-bond donors (Lipinski definition) is 1. The minimum atomic E-state index is -0.742. The molecule has 0 fully saturated rings. The zero-order valence-electron chi connectivity index (χ0n) is 14.4. The fourth-order valence-corrected chi connectivity index (χ4v) is 2.59. The molecular formula is C18H18N4O4. The van der Waals surface area contributed by atoms with E-state index >= 15 is 0 Å². The molecule has 1 aromatic carbocycles. The van der Waals surface area contributed by atoms with Crippen molar-refractivity contribution >= 4 is 11.6 Å². The molecule has 8 nitrogen and oxygen atoms in total. The Morgan fingerprint density at radius 2 is 2.00 bits per heavy atom. The number of pyridine rings is 1. The summed E-state index contributed by atoms with van der Waals surface area (Å²) in [4.78, 5) is 34.8. The molecule has 0 spiro atoms. The van der Waals surface area contributed by atoms with Crippen LogP contribution in [-0.2, 0) is 11.3 Å². The van der Waals surface area contributed by atoms with E-state index in [1.165, 1.54) is 0 Å². The predicted octanol–water partition coefficient (Wildman–Crippen LogP) is 2.14. The van der Waals surface area contributed by atoms with Gasteiger partial charge in [-0.2, -0.15) is 5.26 Å². The summed E-state index contributed by atoms with van der Waals surface area (Å²) in [6.07, 6.45) is 0.968. The van der Waals surface area contributed by atoms with Gasteiger partial charge >= 0.3 is 0 Å². The van der Waals surface area contributed by atoms with Gasteiger partial charge in [-0.05, 0) is 11.5 Å². The lowest BCUT2D eigenvalue weighted by Crippen LogP contribution is -2.37. The Labute approximate surface area is 149 Å². The van der Waals surface area contributed by atoms with Crippen LogP contribution in [0.3, 0.4) is 0 Å². The van der Waals surface area contributed by atoms with E-state index in [9.17, 15) is 19.7 Å². The zero-order chi connectivity index (χ0) is 19.3. The summed E-state index contributed by atoms with van der Waals surface area (Å²) >= 11 is 0. The number of aromatic nitrogens is 1. The Bertz CT molecular complexity index is 913. The Kier molecular flexibility index (Phi) is 5.86. The van der Waals surface area contributed by atoms with Crippen LogP contribution < -0.4 is 10.9 Å². The molecule has 1 aromatic heterocycles. The van der Waals surface area contributed by atoms with Gasteiger partial charge in [-0.15, -0.1) is 0 Å². The second-order valence-corrected chi connectivity index (χ2v) is 6.11. The third kappa shape index (κ3) is 4.33. The Balaban J connectivity index is 2.27. The topological polar surface area (TPSA) is 118 Å². The van der Waals surface area contributed by atoms with Crippen molar-refractivity contribution in [3.8, 4) is 6.07 Å². The maximum atomic E-state index is 12.4. The van der Waals surface area contributed by atoms with E-state index in [1.54, 1.807) is 6.07 Å². The van der Waals surface area contributed by atoms with E-state index in [2.05, 4.69) is 5.32 Å². The van der Waals surface area contributed by atoms with Gasteiger partial charge < -0.3 is 5.32 Å². The van der Waals surface area contributed by atoms with Gasteiger partial charge in [0.15, 0.2) is 0 Å². The fourth-order valence-electron chi connectivity index (χ4n) is 2.59. The van der Waals surface area contributed by atoms with Crippen molar-refractivity contribution in [1.29, 1.82) is 5.26 Å². The summed E-state index contributed by atoms with van der Waals surface area (Å²) in [6.45, 7) is 3.49. The van der Waals surface area contributed by atoms with Crippen LogP contribution in [0.5, 0.6) is 0 Å². The molecule has 134 valence electrons. The molecule has 0 saturated carbocycles. The van der Waals surface area contributed by atoms with E-state index < -0.39 is 28.6 Å². The largest absolute Gasteiger partial charge is 0.347 e. The smallest absolute Gasteiger partial charge is 0.287 e. The van der Waals surface area contributed by atoms with Gasteiger partial charge in [-0.25, -0.2) is 0 Å². The van der Waals surface area contributed by atoms with E-state index in [-0.39, 0.29) is 17.5 Å². The van der Waals surface area contributed by atoms with E-state index in [0.717, 1.165) is 22.4 Å². The molecular weight excluding hydrogens is 336 g/mol. The first-order chi connectivity index (χ1) is 12.3. The summed E-state index contributed by atoms with van der Waals surface area (Å²) < 4.78 is 0.883. The number of rotatable bonds is 6. The highest BCUT2D eigenvalue weighted by atomic mass is 16.6. The van der Waals surface area contributed by atoms with Crippen molar-refractivity contribution in [2.45, 2.75) is 26.4 Å². The summed E-state index contributed by atoms with van der Waals surface area (Å²) in [5.74, 6) is -0.378. The van der Waals surface area contributed by atoms with Gasteiger partial charge in [-0.1, -0.05) is 44.2 Å². The molecule has 1 heterocycles. The minimum Gasteiger partial charge on any atom is -0.347 e. The molecule has 1 atom stereocenters. The first-order valence-electron chi connectivity index (χ1n) is 7.96. The summed E-state index contributed by atoms with van der Waals surface area (Å²) in [5, 5.41) is 22.8. The van der Waals surface area contributed by atoms with Crippen LogP contribution in [-0.4, -0.2) is 15.4 Å². The molecule has 1 unspecified atom stereocenters. The molecule has 26 heavy (non-hydrogen) atoms. The average molecular weight is 354 g/mol. The van der Waals surface area contributed by atoms with Crippen LogP contribution in [0.2, 0.25) is 0 Å². The van der Waals surface area contributed by atoms with Crippen molar-refractivity contribution in [2.24, 2.45) is 5.92 Å². The standard InChI is InChI=1S/C18H18N4O4/c1-12(2)17(13-6-4-3-5-7-13)20-16(23)11-21-10-15(22(25)26)8-14(9-19)18(21)24/h3-8,10,12,17H,11H2,1-2H3,(H,20,23). The molecule has 8 heteroatoms. The maximum absolute atomic E-state index is 12.4. The Morgan fingerprint density at radius 3 is 2.54 bits per heavy atom. The maximum Gasteiger partial charge on any atom is 0.287 e. The van der Waals surface area contributed by atoms with Crippen LogP contribution in [0.1, 0.15) is 31.0 Å². The Morgan fingerprint density at radius 1 is 1.35 bits per heavy atom. The van der Waals surface area contributed by atoms with Crippen LogP contribution in [0, 0.1) is 27.4 Å².